The van der Waals surface area contributed by atoms with Crippen molar-refractivity contribution >= 4 is 21.8 Å². The molecular formula is C20H22N4O3S. The predicted molar refractivity (Wildman–Crippen MR) is 108 cm³/mol. The van der Waals surface area contributed by atoms with Crippen molar-refractivity contribution in [2.45, 2.75) is 31.6 Å². The van der Waals surface area contributed by atoms with E-state index in [4.69, 9.17) is 10.0 Å². The van der Waals surface area contributed by atoms with Gasteiger partial charge in [0, 0.05) is 12.5 Å². The molecule has 0 fully saturated rings. The number of hydrogen-bond donors (Lipinski definition) is 1. The zero-order chi connectivity index (χ0) is 20.1. The van der Waals surface area contributed by atoms with Crippen molar-refractivity contribution in [3.05, 3.63) is 77.5 Å². The Morgan fingerprint density at radius 1 is 1.11 bits per heavy atom. The van der Waals surface area contributed by atoms with Gasteiger partial charge >= 0.3 is 10.1 Å². The second-order valence-corrected chi connectivity index (χ2v) is 7.99. The molecule has 0 aliphatic carbocycles. The Kier molecular flexibility index (Phi) is 5.79. The molecule has 0 atom stereocenters. The van der Waals surface area contributed by atoms with Crippen LogP contribution in [0.25, 0.3) is 0 Å². The fourth-order valence-electron chi connectivity index (χ4n) is 2.66. The minimum absolute atomic E-state index is 0.0360. The molecule has 0 aliphatic rings. The van der Waals surface area contributed by atoms with Gasteiger partial charge < -0.3 is 5.73 Å². The van der Waals surface area contributed by atoms with Crippen LogP contribution in [0.4, 0.5) is 5.82 Å². The monoisotopic (exact) mass is 398 g/mol. The second kappa shape index (κ2) is 8.26. The summed E-state index contributed by atoms with van der Waals surface area (Å²) in [5.41, 5.74) is 8.73. The van der Waals surface area contributed by atoms with E-state index in [1.54, 1.807) is 25.1 Å². The number of nitrogen functional groups attached to an aromatic ring is 1. The normalized spacial score (nSPS) is 12.1. The van der Waals surface area contributed by atoms with E-state index in [1.165, 1.54) is 16.8 Å². The molecule has 0 aliphatic heterocycles. The minimum atomic E-state index is -4.04. The van der Waals surface area contributed by atoms with Gasteiger partial charge in [0.25, 0.3) is 0 Å². The average Bonchev–Trinajstić information content (AvgIpc) is 3.01. The first-order valence-corrected chi connectivity index (χ1v) is 10.2. The van der Waals surface area contributed by atoms with E-state index in [0.717, 1.165) is 11.1 Å². The standard InChI is InChI=1S/C20H22N4O3S/c1-15-8-11-18(12-9-15)28(25,26)27-23-20(24-19(21)14-16(2)22-24)13-10-17-6-4-3-5-7-17/h3-9,11-12,14H,10,13,21H2,1-2H3/b23-20-. The lowest BCUT2D eigenvalue weighted by molar-refractivity contribution is 0.335. The van der Waals surface area contributed by atoms with Crippen LogP contribution in [0.5, 0.6) is 0 Å². The molecule has 0 radical (unpaired) electrons. The molecule has 0 saturated carbocycles. The molecular weight excluding hydrogens is 376 g/mol. The zero-order valence-corrected chi connectivity index (χ0v) is 16.6. The average molecular weight is 398 g/mol. The van der Waals surface area contributed by atoms with E-state index in [1.807, 2.05) is 37.3 Å². The zero-order valence-electron chi connectivity index (χ0n) is 15.7. The van der Waals surface area contributed by atoms with Crippen molar-refractivity contribution in [3.8, 4) is 0 Å². The Hall–Kier alpha value is -3.13. The van der Waals surface area contributed by atoms with Crippen LogP contribution in [0, 0.1) is 13.8 Å². The summed E-state index contributed by atoms with van der Waals surface area (Å²) >= 11 is 0. The molecule has 146 valence electrons. The maximum Gasteiger partial charge on any atom is 0.358 e. The number of aryl methyl sites for hydroxylation is 3. The van der Waals surface area contributed by atoms with Crippen molar-refractivity contribution in [1.29, 1.82) is 0 Å². The molecule has 0 bridgehead atoms. The quantitative estimate of drug-likeness (QED) is 0.390. The van der Waals surface area contributed by atoms with E-state index >= 15 is 0 Å². The highest BCUT2D eigenvalue weighted by molar-refractivity contribution is 7.86. The first-order chi connectivity index (χ1) is 13.3. The molecule has 2 N–H and O–H groups in total. The Labute approximate surface area is 164 Å². The topological polar surface area (TPSA) is 99.6 Å². The predicted octanol–water partition coefficient (Wildman–Crippen LogP) is 3.28. The molecule has 0 saturated heterocycles. The van der Waals surface area contributed by atoms with Crippen molar-refractivity contribution < 1.29 is 12.7 Å². The summed E-state index contributed by atoms with van der Waals surface area (Å²) in [6.45, 7) is 3.67. The fourth-order valence-corrected chi connectivity index (χ4v) is 3.40. The molecule has 28 heavy (non-hydrogen) atoms. The Morgan fingerprint density at radius 2 is 1.79 bits per heavy atom. The lowest BCUT2D eigenvalue weighted by atomic mass is 10.1. The number of oxime groups is 1. The number of nitrogens with zero attached hydrogens (tertiary/aromatic N) is 3. The van der Waals surface area contributed by atoms with Crippen LogP contribution in [0.1, 0.15) is 23.2 Å². The molecule has 7 nitrogen and oxygen atoms in total. The van der Waals surface area contributed by atoms with Crippen LogP contribution in [0.15, 0.2) is 70.7 Å². The highest BCUT2D eigenvalue weighted by atomic mass is 32.2. The van der Waals surface area contributed by atoms with E-state index in [0.29, 0.717) is 30.2 Å². The van der Waals surface area contributed by atoms with Crippen LogP contribution < -0.4 is 5.73 Å². The maximum absolute atomic E-state index is 12.5. The van der Waals surface area contributed by atoms with E-state index < -0.39 is 10.1 Å². The number of nitrogens with two attached hydrogens (primary N) is 1. The summed E-state index contributed by atoms with van der Waals surface area (Å²) in [5, 5.41) is 8.20. The summed E-state index contributed by atoms with van der Waals surface area (Å²) in [5.74, 6) is 0.672. The summed E-state index contributed by atoms with van der Waals surface area (Å²) in [7, 11) is -4.04. The van der Waals surface area contributed by atoms with Gasteiger partial charge in [-0.1, -0.05) is 48.0 Å². The van der Waals surface area contributed by atoms with Gasteiger partial charge in [-0.2, -0.15) is 18.2 Å². The smallest absolute Gasteiger partial charge is 0.358 e. The van der Waals surface area contributed by atoms with Gasteiger partial charge in [0.2, 0.25) is 0 Å². The van der Waals surface area contributed by atoms with Gasteiger partial charge in [0.05, 0.1) is 5.69 Å². The first kappa shape index (κ1) is 19.6. The van der Waals surface area contributed by atoms with E-state index in [9.17, 15) is 8.42 Å². The van der Waals surface area contributed by atoms with Gasteiger partial charge in [-0.25, -0.2) is 0 Å². The molecule has 1 heterocycles. The molecule has 3 aromatic rings. The second-order valence-electron chi connectivity index (χ2n) is 6.46. The Morgan fingerprint density at radius 3 is 2.39 bits per heavy atom. The molecule has 1 aromatic heterocycles. The van der Waals surface area contributed by atoms with Crippen molar-refractivity contribution in [2.24, 2.45) is 5.16 Å². The van der Waals surface area contributed by atoms with Crippen LogP contribution in [-0.4, -0.2) is 24.0 Å². The molecule has 8 heteroatoms. The third kappa shape index (κ3) is 4.77. The third-order valence-electron chi connectivity index (χ3n) is 4.13. The van der Waals surface area contributed by atoms with Crippen LogP contribution in [-0.2, 0) is 20.8 Å². The number of benzene rings is 2. The Bertz CT molecular complexity index is 1070. The summed E-state index contributed by atoms with van der Waals surface area (Å²) in [4.78, 5) is 0.0360. The SMILES string of the molecule is Cc1ccc(S(=O)(=O)O/N=C(/CCc2ccccc2)n2nc(C)cc2N)cc1. The van der Waals surface area contributed by atoms with Crippen LogP contribution >= 0.6 is 0 Å². The van der Waals surface area contributed by atoms with Gasteiger partial charge in [0.1, 0.15) is 10.7 Å². The van der Waals surface area contributed by atoms with Gasteiger partial charge in [0.15, 0.2) is 5.84 Å². The number of anilines is 1. The lowest BCUT2D eigenvalue weighted by Gasteiger charge is -2.09. The summed E-state index contributed by atoms with van der Waals surface area (Å²) < 4.78 is 31.3. The van der Waals surface area contributed by atoms with Crippen LogP contribution in [0.2, 0.25) is 0 Å². The van der Waals surface area contributed by atoms with E-state index in [-0.39, 0.29) is 4.90 Å². The van der Waals surface area contributed by atoms with Crippen molar-refractivity contribution in [3.63, 3.8) is 0 Å². The summed E-state index contributed by atoms with van der Waals surface area (Å²) in [6, 6.07) is 17.8. The number of rotatable bonds is 6. The lowest BCUT2D eigenvalue weighted by Crippen LogP contribution is -2.18. The molecule has 0 amide bonds. The maximum atomic E-state index is 12.5. The number of aromatic nitrogens is 2. The van der Waals surface area contributed by atoms with Gasteiger partial charge in [-0.3, -0.25) is 4.28 Å². The largest absolute Gasteiger partial charge is 0.384 e. The van der Waals surface area contributed by atoms with Gasteiger partial charge in [-0.15, -0.1) is 0 Å². The molecule has 2 aromatic carbocycles. The fraction of sp³-hybridized carbons (Fsp3) is 0.200. The molecule has 0 unspecified atom stereocenters. The summed E-state index contributed by atoms with van der Waals surface area (Å²) in [6.07, 6.45) is 1.03. The number of hydrogen-bond acceptors (Lipinski definition) is 6. The van der Waals surface area contributed by atoms with E-state index in [2.05, 4.69) is 10.3 Å². The Balaban J connectivity index is 1.87. The first-order valence-electron chi connectivity index (χ1n) is 8.79. The molecule has 0 spiro atoms. The minimum Gasteiger partial charge on any atom is -0.384 e. The highest BCUT2D eigenvalue weighted by Gasteiger charge is 2.18. The van der Waals surface area contributed by atoms with Crippen molar-refractivity contribution in [1.82, 2.24) is 9.78 Å². The molecule has 3 rings (SSSR count). The highest BCUT2D eigenvalue weighted by Crippen LogP contribution is 2.15. The van der Waals surface area contributed by atoms with Crippen LogP contribution in [0.3, 0.4) is 0 Å². The third-order valence-corrected chi connectivity index (χ3v) is 5.25. The van der Waals surface area contributed by atoms with Gasteiger partial charge in [-0.05, 0) is 43.1 Å². The van der Waals surface area contributed by atoms with Crippen molar-refractivity contribution in [2.75, 3.05) is 5.73 Å².